The topological polar surface area (TPSA) is 110 Å². The van der Waals surface area contributed by atoms with Crippen molar-refractivity contribution in [3.8, 4) is 0 Å². The third-order valence-corrected chi connectivity index (χ3v) is 5.67. The first-order chi connectivity index (χ1) is 14.5. The number of nitro groups is 1. The molecule has 2 heterocycles. The highest BCUT2D eigenvalue weighted by Crippen LogP contribution is 2.29. The monoisotopic (exact) mass is 421 g/mol. The molecule has 1 atom stereocenters. The van der Waals surface area contributed by atoms with Crippen LogP contribution in [0.1, 0.15) is 25.6 Å². The predicted octanol–water partition coefficient (Wildman–Crippen LogP) is 3.50. The van der Waals surface area contributed by atoms with E-state index in [1.54, 1.807) is 30.3 Å². The van der Waals surface area contributed by atoms with Crippen LogP contribution < -0.4 is 5.32 Å². The molecule has 8 nitrogen and oxygen atoms in total. The molecular weight excluding hydrogens is 406 g/mol. The van der Waals surface area contributed by atoms with Crippen LogP contribution in [0, 0.1) is 10.1 Å². The number of nitro benzene ring substituents is 1. The zero-order valence-corrected chi connectivity index (χ0v) is 16.3. The van der Waals surface area contributed by atoms with Gasteiger partial charge in [0.15, 0.2) is 0 Å². The Morgan fingerprint density at radius 3 is 2.23 bits per heavy atom. The number of benzene rings is 2. The van der Waals surface area contributed by atoms with Crippen molar-refractivity contribution in [3.63, 3.8) is 0 Å². The normalized spacial score (nSPS) is 13.8. The lowest BCUT2D eigenvalue weighted by atomic mass is 10.1. The molecule has 150 valence electrons. The number of fused-ring (bicyclic) bond motifs is 1. The van der Waals surface area contributed by atoms with Gasteiger partial charge in [0.05, 0.1) is 16.1 Å². The fraction of sp³-hybridized carbons (Fsp3) is 0.0952. The Kier molecular flexibility index (Phi) is 5.11. The Hall–Kier alpha value is -3.85. The van der Waals surface area contributed by atoms with Crippen molar-refractivity contribution in [2.24, 2.45) is 0 Å². The molecule has 2 aromatic carbocycles. The van der Waals surface area contributed by atoms with Crippen molar-refractivity contribution >= 4 is 40.4 Å². The van der Waals surface area contributed by atoms with E-state index in [1.807, 2.05) is 5.38 Å². The summed E-state index contributed by atoms with van der Waals surface area (Å²) in [6.45, 7) is 0. The van der Waals surface area contributed by atoms with Crippen LogP contribution in [0.5, 0.6) is 0 Å². The molecule has 1 aliphatic rings. The summed E-state index contributed by atoms with van der Waals surface area (Å²) in [6, 6.07) is 14.5. The van der Waals surface area contributed by atoms with Gasteiger partial charge in [-0.1, -0.05) is 30.3 Å². The number of hydrogen-bond acceptors (Lipinski definition) is 6. The van der Waals surface area contributed by atoms with E-state index in [2.05, 4.69) is 5.32 Å². The number of carbonyl (C=O) groups is 3. The Morgan fingerprint density at radius 2 is 1.63 bits per heavy atom. The second-order valence-corrected chi connectivity index (χ2v) is 7.62. The summed E-state index contributed by atoms with van der Waals surface area (Å²) in [7, 11) is 0. The number of rotatable bonds is 6. The maximum atomic E-state index is 13.2. The number of carbonyl (C=O) groups excluding carboxylic acids is 3. The number of para-hydroxylation sites is 2. The Morgan fingerprint density at radius 1 is 1.00 bits per heavy atom. The molecule has 0 spiro atoms. The molecule has 4 rings (SSSR count). The van der Waals surface area contributed by atoms with Crippen LogP contribution in [0.2, 0.25) is 0 Å². The van der Waals surface area contributed by atoms with Crippen molar-refractivity contribution in [1.29, 1.82) is 0 Å². The molecule has 0 saturated carbocycles. The van der Waals surface area contributed by atoms with Gasteiger partial charge in [-0.05, 0) is 29.6 Å². The Labute approximate surface area is 174 Å². The lowest BCUT2D eigenvalue weighted by molar-refractivity contribution is -0.383. The number of anilines is 1. The van der Waals surface area contributed by atoms with Gasteiger partial charge in [0.1, 0.15) is 11.7 Å². The third kappa shape index (κ3) is 3.46. The van der Waals surface area contributed by atoms with E-state index in [1.165, 1.54) is 41.7 Å². The molecule has 0 aliphatic carbocycles. The van der Waals surface area contributed by atoms with E-state index < -0.39 is 28.7 Å². The summed E-state index contributed by atoms with van der Waals surface area (Å²) in [4.78, 5) is 51.4. The lowest BCUT2D eigenvalue weighted by Gasteiger charge is -2.25. The molecule has 9 heteroatoms. The molecule has 30 heavy (non-hydrogen) atoms. The van der Waals surface area contributed by atoms with Crippen LogP contribution in [-0.2, 0) is 11.2 Å². The Balaban J connectivity index is 1.69. The molecule has 1 aliphatic heterocycles. The first-order valence-electron chi connectivity index (χ1n) is 9.01. The number of nitrogens with one attached hydrogen (secondary N) is 1. The van der Waals surface area contributed by atoms with Gasteiger partial charge in [-0.25, -0.2) is 0 Å². The summed E-state index contributed by atoms with van der Waals surface area (Å²) in [5.41, 5.74) is 0.192. The maximum Gasteiger partial charge on any atom is 0.292 e. The molecule has 0 fully saturated rings. The number of amides is 3. The van der Waals surface area contributed by atoms with E-state index in [9.17, 15) is 24.5 Å². The molecule has 1 unspecified atom stereocenters. The smallest absolute Gasteiger partial charge is 0.292 e. The van der Waals surface area contributed by atoms with Gasteiger partial charge in [0.25, 0.3) is 17.5 Å². The second kappa shape index (κ2) is 7.88. The van der Waals surface area contributed by atoms with Gasteiger partial charge in [0, 0.05) is 17.4 Å². The fourth-order valence-electron chi connectivity index (χ4n) is 3.37. The summed E-state index contributed by atoms with van der Waals surface area (Å²) in [5.74, 6) is -1.79. The van der Waals surface area contributed by atoms with Crippen LogP contribution >= 0.6 is 11.3 Å². The molecule has 1 N–H and O–H groups in total. The third-order valence-electron chi connectivity index (χ3n) is 4.77. The quantitative estimate of drug-likeness (QED) is 0.372. The van der Waals surface area contributed by atoms with E-state index in [0.29, 0.717) is 0 Å². The summed E-state index contributed by atoms with van der Waals surface area (Å²) >= 11 is 1.39. The van der Waals surface area contributed by atoms with Crippen molar-refractivity contribution < 1.29 is 19.3 Å². The number of thiophene rings is 1. The van der Waals surface area contributed by atoms with Gasteiger partial charge in [-0.15, -0.1) is 11.3 Å². The fourth-order valence-corrected chi connectivity index (χ4v) is 4.11. The lowest BCUT2D eigenvalue weighted by Crippen LogP contribution is -2.48. The van der Waals surface area contributed by atoms with E-state index >= 15 is 0 Å². The Bertz CT molecular complexity index is 1120. The molecule has 0 radical (unpaired) electrons. The van der Waals surface area contributed by atoms with Gasteiger partial charge in [-0.3, -0.25) is 29.4 Å². The average Bonchev–Trinajstić information content (AvgIpc) is 3.34. The van der Waals surface area contributed by atoms with E-state index in [0.717, 1.165) is 9.78 Å². The van der Waals surface area contributed by atoms with Crippen molar-refractivity contribution in [3.05, 3.63) is 92.2 Å². The number of nitrogens with zero attached hydrogens (tertiary/aromatic N) is 2. The van der Waals surface area contributed by atoms with Crippen molar-refractivity contribution in [1.82, 2.24) is 4.90 Å². The minimum Gasteiger partial charge on any atom is -0.319 e. The zero-order valence-electron chi connectivity index (χ0n) is 15.5. The van der Waals surface area contributed by atoms with Gasteiger partial charge in [-0.2, -0.15) is 0 Å². The largest absolute Gasteiger partial charge is 0.319 e. The van der Waals surface area contributed by atoms with Crippen LogP contribution in [0.4, 0.5) is 11.4 Å². The predicted molar refractivity (Wildman–Crippen MR) is 110 cm³/mol. The van der Waals surface area contributed by atoms with Gasteiger partial charge >= 0.3 is 0 Å². The van der Waals surface area contributed by atoms with Crippen molar-refractivity contribution in [2.75, 3.05) is 5.32 Å². The minimum atomic E-state index is -1.16. The molecule has 0 saturated heterocycles. The van der Waals surface area contributed by atoms with Crippen LogP contribution in [0.15, 0.2) is 66.0 Å². The SMILES string of the molecule is O=C(Nc1ccccc1[N+](=O)[O-])C(Cc1cccs1)N1C(=O)c2ccccc2C1=O. The molecule has 0 bridgehead atoms. The molecule has 3 aromatic rings. The standard InChI is InChI=1S/C21H15N3O5S/c25-19(22-16-9-3-4-10-17(16)24(28)29)18(12-13-6-5-11-30-13)23-20(26)14-7-1-2-8-15(14)21(23)27/h1-11,18H,12H2,(H,22,25). The molecular formula is C21H15N3O5S. The summed E-state index contributed by atoms with van der Waals surface area (Å²) in [6.07, 6.45) is 0.107. The van der Waals surface area contributed by atoms with Gasteiger partial charge in [0.2, 0.25) is 5.91 Å². The van der Waals surface area contributed by atoms with Crippen LogP contribution in [0.25, 0.3) is 0 Å². The maximum absolute atomic E-state index is 13.2. The van der Waals surface area contributed by atoms with Crippen LogP contribution in [-0.4, -0.2) is 33.6 Å². The average molecular weight is 421 g/mol. The highest BCUT2D eigenvalue weighted by molar-refractivity contribution is 7.09. The second-order valence-electron chi connectivity index (χ2n) is 6.59. The van der Waals surface area contributed by atoms with E-state index in [4.69, 9.17) is 0 Å². The summed E-state index contributed by atoms with van der Waals surface area (Å²) in [5, 5.41) is 15.6. The van der Waals surface area contributed by atoms with Crippen LogP contribution in [0.3, 0.4) is 0 Å². The van der Waals surface area contributed by atoms with E-state index in [-0.39, 0.29) is 28.9 Å². The highest BCUT2D eigenvalue weighted by atomic mass is 32.1. The minimum absolute atomic E-state index is 0.000267. The van der Waals surface area contributed by atoms with Gasteiger partial charge < -0.3 is 5.32 Å². The first-order valence-corrected chi connectivity index (χ1v) is 9.89. The highest BCUT2D eigenvalue weighted by Gasteiger charge is 2.43. The molecule has 3 amide bonds. The number of hydrogen-bond donors (Lipinski definition) is 1. The summed E-state index contributed by atoms with van der Waals surface area (Å²) < 4.78 is 0. The first kappa shape index (κ1) is 19.5. The van der Waals surface area contributed by atoms with Crippen molar-refractivity contribution in [2.45, 2.75) is 12.5 Å². The number of imide groups is 1. The molecule has 1 aromatic heterocycles. The zero-order chi connectivity index (χ0) is 21.3.